The standard InChI is InChI=1S/C45H53ClF2N12O4.CH4O/c1-27-39(46)35(59-13-9-38(61)53-43(59)64)20-33(51-27)42(63)57-14-10-44(11-15-57)24-45(48,25-44)26-56-18-16-55(17-19-56)23-30-29-8-12-58(34(29)7-6-31(30)47)37-21-32(49-2)40-50-22-36(60(40)54-37)41(62)52-28-4-3-5-28;1-2/h6-8,12,20-22,28,40,50,54H,3-5,9-11,13-19,23-26H2,1-2H3,(H,52,62)(H,53,61,64);2H,1H3. The summed E-state index contributed by atoms with van der Waals surface area (Å²) in [6, 6.07) is 6.33. The molecule has 66 heavy (non-hydrogen) atoms. The number of imide groups is 1. The molecule has 2 aliphatic carbocycles. The molecule has 10 rings (SSSR count). The topological polar surface area (TPSA) is 183 Å². The second-order valence-electron chi connectivity index (χ2n) is 18.5. The Morgan fingerprint density at radius 1 is 1.03 bits per heavy atom. The Morgan fingerprint density at radius 3 is 2.44 bits per heavy atom. The van der Waals surface area contributed by atoms with Gasteiger partial charge in [0, 0.05) is 115 Å². The number of halogens is 3. The van der Waals surface area contributed by atoms with Crippen molar-refractivity contribution in [3.05, 3.63) is 76.2 Å². The summed E-state index contributed by atoms with van der Waals surface area (Å²) in [5, 5.41) is 18.5. The predicted molar refractivity (Wildman–Crippen MR) is 245 cm³/mol. The van der Waals surface area contributed by atoms with Crippen molar-refractivity contribution in [1.82, 2.24) is 50.6 Å². The fraction of sp³-hybridized carbons (Fsp3) is 0.522. The third-order valence-electron chi connectivity index (χ3n) is 14.3. The molecule has 0 bridgehead atoms. The molecule has 5 N–H and O–H groups in total. The number of rotatable bonds is 9. The lowest BCUT2D eigenvalue weighted by molar-refractivity contribution is -0.121. The molecule has 7 aliphatic rings. The van der Waals surface area contributed by atoms with E-state index >= 15 is 8.78 Å². The van der Waals surface area contributed by atoms with Crippen molar-refractivity contribution in [2.45, 2.75) is 82.7 Å². The summed E-state index contributed by atoms with van der Waals surface area (Å²) in [4.78, 5) is 67.6. The molecule has 352 valence electrons. The van der Waals surface area contributed by atoms with Crippen molar-refractivity contribution in [2.75, 3.05) is 71.4 Å². The summed E-state index contributed by atoms with van der Waals surface area (Å²) in [5.41, 5.74) is 5.52. The number of anilines is 1. The highest BCUT2D eigenvalue weighted by Gasteiger charge is 2.56. The number of amides is 5. The highest BCUT2D eigenvalue weighted by molar-refractivity contribution is 6.34. The van der Waals surface area contributed by atoms with Crippen molar-refractivity contribution in [3.8, 4) is 0 Å². The minimum Gasteiger partial charge on any atom is -0.400 e. The van der Waals surface area contributed by atoms with Gasteiger partial charge in [-0.15, -0.1) is 0 Å². The van der Waals surface area contributed by atoms with Crippen molar-refractivity contribution < 1.29 is 33.1 Å². The molecular formula is C46H57ClF2N12O5. The number of alkyl halides is 1. The van der Waals surface area contributed by atoms with Crippen LogP contribution in [-0.4, -0.2) is 148 Å². The number of fused-ring (bicyclic) bond motifs is 2. The summed E-state index contributed by atoms with van der Waals surface area (Å²) in [7, 11) is 2.72. The molecule has 3 aromatic rings. The van der Waals surface area contributed by atoms with Crippen LogP contribution in [0.25, 0.3) is 16.7 Å². The van der Waals surface area contributed by atoms with E-state index in [-0.39, 0.29) is 64.8 Å². The van der Waals surface area contributed by atoms with E-state index in [4.69, 9.17) is 16.7 Å². The monoisotopic (exact) mass is 930 g/mol. The third kappa shape index (κ3) is 8.61. The first kappa shape index (κ1) is 45.5. The average molecular weight is 931 g/mol. The number of nitrogens with zero attached hydrogens (tertiary/aromatic N) is 8. The molecule has 0 radical (unpaired) electrons. The number of aliphatic hydroxyl groups is 1. The second kappa shape index (κ2) is 18.2. The maximum absolute atomic E-state index is 16.4. The summed E-state index contributed by atoms with van der Waals surface area (Å²) in [5.74, 6) is -0.371. The molecule has 5 amide bonds. The Balaban J connectivity index is 0.00000270. The number of aromatic nitrogens is 2. The molecule has 3 saturated heterocycles. The fourth-order valence-corrected chi connectivity index (χ4v) is 10.8. The average Bonchev–Trinajstić information content (AvgIpc) is 3.93. The van der Waals surface area contributed by atoms with E-state index in [1.54, 1.807) is 36.1 Å². The zero-order valence-corrected chi connectivity index (χ0v) is 38.3. The number of carbonyl (C=O) groups is 4. The molecule has 2 aromatic heterocycles. The number of piperazine rings is 1. The predicted octanol–water partition coefficient (Wildman–Crippen LogP) is 3.86. The zero-order valence-electron chi connectivity index (χ0n) is 37.5. The molecule has 1 aromatic carbocycles. The molecule has 7 heterocycles. The molecule has 17 nitrogen and oxygen atoms in total. The van der Waals surface area contributed by atoms with Crippen molar-refractivity contribution in [1.29, 1.82) is 0 Å². The van der Waals surface area contributed by atoms with Gasteiger partial charge in [0.05, 0.1) is 27.6 Å². The van der Waals surface area contributed by atoms with Crippen LogP contribution in [0, 0.1) is 18.2 Å². The Bertz CT molecular complexity index is 2520. The smallest absolute Gasteiger partial charge is 0.328 e. The summed E-state index contributed by atoms with van der Waals surface area (Å²) in [6.45, 7) is 6.27. The number of urea groups is 1. The number of nitrogens with one attached hydrogen (secondary N) is 4. The molecular weight excluding hydrogens is 874 g/mol. The van der Waals surface area contributed by atoms with Gasteiger partial charge >= 0.3 is 6.03 Å². The van der Waals surface area contributed by atoms with Crippen molar-refractivity contribution in [3.63, 3.8) is 0 Å². The van der Waals surface area contributed by atoms with Crippen LogP contribution in [0.5, 0.6) is 0 Å². The normalized spacial score (nSPS) is 23.5. The highest BCUT2D eigenvalue weighted by atomic mass is 35.5. The molecule has 1 unspecified atom stereocenters. The lowest BCUT2D eigenvalue weighted by Crippen LogP contribution is -2.60. The maximum Gasteiger partial charge on any atom is 0.328 e. The van der Waals surface area contributed by atoms with E-state index in [0.29, 0.717) is 107 Å². The van der Waals surface area contributed by atoms with E-state index < -0.39 is 11.7 Å². The largest absolute Gasteiger partial charge is 0.400 e. The van der Waals surface area contributed by atoms with Gasteiger partial charge in [0.2, 0.25) is 5.91 Å². The number of hydrazine groups is 1. The van der Waals surface area contributed by atoms with E-state index in [1.165, 1.54) is 17.0 Å². The fourth-order valence-electron chi connectivity index (χ4n) is 10.7. The van der Waals surface area contributed by atoms with E-state index in [1.807, 2.05) is 22.9 Å². The molecule has 5 fully saturated rings. The Labute approximate surface area is 386 Å². The first-order valence-corrected chi connectivity index (χ1v) is 23.1. The number of benzene rings is 1. The van der Waals surface area contributed by atoms with Gasteiger partial charge in [-0.1, -0.05) is 11.6 Å². The van der Waals surface area contributed by atoms with Crippen LogP contribution in [0.4, 0.5) is 19.3 Å². The summed E-state index contributed by atoms with van der Waals surface area (Å²) >= 11 is 6.51. The van der Waals surface area contributed by atoms with Crippen molar-refractivity contribution >= 4 is 63.5 Å². The van der Waals surface area contributed by atoms with Gasteiger partial charge in [0.1, 0.15) is 28.7 Å². The number of aliphatic imine (C=N–C) groups is 1. The first-order valence-electron chi connectivity index (χ1n) is 22.8. The first-order chi connectivity index (χ1) is 31.8. The number of aliphatic hydroxyl groups excluding tert-OH is 1. The Morgan fingerprint density at radius 2 is 1.76 bits per heavy atom. The van der Waals surface area contributed by atoms with E-state index in [2.05, 4.69) is 41.2 Å². The number of likely N-dealkylation sites (tertiary alicyclic amines) is 1. The number of carbonyl (C=O) groups excluding carboxylic acids is 4. The molecule has 1 atom stereocenters. The minimum atomic E-state index is -1.30. The van der Waals surface area contributed by atoms with E-state index in [0.717, 1.165) is 43.0 Å². The quantitative estimate of drug-likeness (QED) is 0.210. The Hall–Kier alpha value is -5.63. The number of piperidine rings is 1. The minimum absolute atomic E-state index is 0.124. The second-order valence-corrected chi connectivity index (χ2v) is 18.9. The summed E-state index contributed by atoms with van der Waals surface area (Å²) < 4.78 is 34.0. The van der Waals surface area contributed by atoms with Crippen LogP contribution in [0.1, 0.15) is 73.1 Å². The van der Waals surface area contributed by atoms with Crippen LogP contribution < -0.4 is 26.3 Å². The van der Waals surface area contributed by atoms with Crippen LogP contribution >= 0.6 is 11.6 Å². The van der Waals surface area contributed by atoms with Gasteiger partial charge < -0.3 is 25.2 Å². The van der Waals surface area contributed by atoms with Gasteiger partial charge in [-0.2, -0.15) is 0 Å². The molecule has 2 saturated carbocycles. The molecule has 20 heteroatoms. The number of hydrogen-bond acceptors (Lipinski definition) is 12. The zero-order chi connectivity index (χ0) is 46.5. The van der Waals surface area contributed by atoms with Crippen LogP contribution in [0.3, 0.4) is 0 Å². The number of hydrogen-bond donors (Lipinski definition) is 5. The lowest BCUT2D eigenvalue weighted by Gasteiger charge is -2.56. The lowest BCUT2D eigenvalue weighted by atomic mass is 9.55. The molecule has 1 spiro atoms. The van der Waals surface area contributed by atoms with Gasteiger partial charge in [0.25, 0.3) is 11.8 Å². The summed E-state index contributed by atoms with van der Waals surface area (Å²) in [6.07, 6.45) is 10.7. The number of aryl methyl sites for hydroxylation is 1. The Kier molecular flexibility index (Phi) is 12.6. The SMILES string of the molecule is CN=C1C=C(n2ccc3c(CN4CCN(CC5(F)CC6(CCN(C(=O)c7cc(N8CCC(=O)NC8=O)c(Cl)c(C)n7)CC6)C5)CC4)c(F)ccc32)NN2C(C(=O)NC3CCC3)=CNC12.CO. The van der Waals surface area contributed by atoms with E-state index in [9.17, 15) is 19.2 Å². The maximum atomic E-state index is 16.4. The van der Waals surface area contributed by atoms with Gasteiger partial charge in [0.15, 0.2) is 6.17 Å². The van der Waals surface area contributed by atoms with Gasteiger partial charge in [-0.25, -0.2) is 18.6 Å². The van der Waals surface area contributed by atoms with Gasteiger partial charge in [-0.3, -0.25) is 49.8 Å². The highest BCUT2D eigenvalue weighted by Crippen LogP contribution is 2.57. The van der Waals surface area contributed by atoms with Crippen LogP contribution in [0.2, 0.25) is 5.02 Å². The number of pyridine rings is 1. The molecule has 5 aliphatic heterocycles. The van der Waals surface area contributed by atoms with Crippen molar-refractivity contribution in [2.24, 2.45) is 10.4 Å². The third-order valence-corrected chi connectivity index (χ3v) is 14.8. The van der Waals surface area contributed by atoms with Crippen LogP contribution in [0.15, 0.2) is 53.4 Å². The van der Waals surface area contributed by atoms with Crippen LogP contribution in [-0.2, 0) is 16.1 Å². The van der Waals surface area contributed by atoms with Gasteiger partial charge in [-0.05, 0) is 81.5 Å².